The fourth-order valence-electron chi connectivity index (χ4n) is 2.82. The molecule has 3 aromatic rings. The van der Waals surface area contributed by atoms with Gasteiger partial charge < -0.3 is 15.0 Å². The highest BCUT2D eigenvalue weighted by Gasteiger charge is 2.35. The van der Waals surface area contributed by atoms with Crippen LogP contribution < -0.4 is 5.32 Å². The molecule has 0 aliphatic rings. The molecule has 0 unspecified atom stereocenters. The zero-order chi connectivity index (χ0) is 22.6. The number of hydrogen-bond donors (Lipinski definition) is 2. The molecule has 2 heterocycles. The number of hydrogen-bond acceptors (Lipinski definition) is 5. The normalized spacial score (nSPS) is 11.4. The van der Waals surface area contributed by atoms with E-state index in [9.17, 15) is 13.2 Å². The zero-order valence-electron chi connectivity index (χ0n) is 16.7. The standard InChI is InChI=1S/C21H19ClF3N5O/c1-13(2)30-12-17(21(23,24)25)28-19(30)15-7-5-14(6-8-15)10-26-18-16(4-3-9-31)11-27-20(22)29-18/h5-8,11-13,31H,9-10H2,1-2H3,(H,26,27,29). The van der Waals surface area contributed by atoms with E-state index in [-0.39, 0.29) is 23.8 Å². The Hall–Kier alpha value is -3.09. The van der Waals surface area contributed by atoms with Gasteiger partial charge in [0.25, 0.3) is 0 Å². The maximum absolute atomic E-state index is 13.1. The van der Waals surface area contributed by atoms with Gasteiger partial charge in [0.1, 0.15) is 18.2 Å². The molecule has 0 saturated heterocycles. The highest BCUT2D eigenvalue weighted by atomic mass is 35.5. The molecule has 0 fully saturated rings. The topological polar surface area (TPSA) is 75.9 Å². The zero-order valence-corrected chi connectivity index (χ0v) is 17.5. The minimum Gasteiger partial charge on any atom is -0.384 e. The van der Waals surface area contributed by atoms with Crippen LogP contribution in [-0.4, -0.2) is 31.2 Å². The average molecular weight is 450 g/mol. The van der Waals surface area contributed by atoms with E-state index in [1.165, 1.54) is 10.8 Å². The lowest BCUT2D eigenvalue weighted by Gasteiger charge is -2.12. The molecule has 10 heteroatoms. The highest BCUT2D eigenvalue weighted by Crippen LogP contribution is 2.32. The van der Waals surface area contributed by atoms with Crippen molar-refractivity contribution in [2.24, 2.45) is 0 Å². The number of nitrogens with one attached hydrogen (secondary N) is 1. The molecule has 0 saturated carbocycles. The predicted octanol–water partition coefficient (Wildman–Crippen LogP) is 4.55. The molecule has 3 rings (SSSR count). The molecule has 31 heavy (non-hydrogen) atoms. The van der Waals surface area contributed by atoms with Gasteiger partial charge in [-0.05, 0) is 31.0 Å². The lowest BCUT2D eigenvalue weighted by atomic mass is 10.1. The van der Waals surface area contributed by atoms with Crippen LogP contribution in [0.2, 0.25) is 5.28 Å². The number of anilines is 1. The summed E-state index contributed by atoms with van der Waals surface area (Å²) in [5.41, 5.74) is 0.999. The third kappa shape index (κ3) is 5.54. The van der Waals surface area contributed by atoms with Crippen molar-refractivity contribution in [3.8, 4) is 23.2 Å². The Morgan fingerprint density at radius 3 is 2.52 bits per heavy atom. The van der Waals surface area contributed by atoms with Crippen LogP contribution in [-0.2, 0) is 12.7 Å². The van der Waals surface area contributed by atoms with E-state index >= 15 is 0 Å². The summed E-state index contributed by atoms with van der Waals surface area (Å²) in [6, 6.07) is 6.84. The van der Waals surface area contributed by atoms with Gasteiger partial charge >= 0.3 is 6.18 Å². The van der Waals surface area contributed by atoms with Crippen molar-refractivity contribution in [1.29, 1.82) is 0 Å². The van der Waals surface area contributed by atoms with E-state index in [2.05, 4.69) is 32.1 Å². The third-order valence-corrected chi connectivity index (χ3v) is 4.49. The van der Waals surface area contributed by atoms with E-state index in [4.69, 9.17) is 16.7 Å². The van der Waals surface area contributed by atoms with Crippen molar-refractivity contribution in [1.82, 2.24) is 19.5 Å². The number of aromatic nitrogens is 4. The molecular weight excluding hydrogens is 431 g/mol. The van der Waals surface area contributed by atoms with Gasteiger partial charge in [0, 0.05) is 30.5 Å². The number of aliphatic hydroxyl groups excluding tert-OH is 1. The van der Waals surface area contributed by atoms with E-state index in [1.807, 2.05) is 0 Å². The second kappa shape index (κ2) is 9.37. The van der Waals surface area contributed by atoms with Crippen LogP contribution in [0.4, 0.5) is 19.0 Å². The second-order valence-electron chi connectivity index (χ2n) is 6.86. The maximum atomic E-state index is 13.1. The Morgan fingerprint density at radius 1 is 1.19 bits per heavy atom. The Labute approximate surface area is 182 Å². The first-order valence-electron chi connectivity index (χ1n) is 9.30. The molecule has 162 valence electrons. The van der Waals surface area contributed by atoms with Gasteiger partial charge in [-0.3, -0.25) is 0 Å². The summed E-state index contributed by atoms with van der Waals surface area (Å²) in [4.78, 5) is 11.8. The monoisotopic (exact) mass is 449 g/mol. The first-order chi connectivity index (χ1) is 14.7. The molecule has 0 bridgehead atoms. The van der Waals surface area contributed by atoms with Gasteiger partial charge in [0.15, 0.2) is 5.69 Å². The molecule has 0 aliphatic carbocycles. The van der Waals surface area contributed by atoms with Crippen LogP contribution in [0.25, 0.3) is 11.4 Å². The predicted molar refractivity (Wildman–Crippen MR) is 111 cm³/mol. The van der Waals surface area contributed by atoms with E-state index < -0.39 is 11.9 Å². The summed E-state index contributed by atoms with van der Waals surface area (Å²) in [7, 11) is 0. The van der Waals surface area contributed by atoms with Crippen LogP contribution in [0.5, 0.6) is 0 Å². The van der Waals surface area contributed by atoms with Gasteiger partial charge in [0.05, 0.1) is 5.56 Å². The summed E-state index contributed by atoms with van der Waals surface area (Å²) in [6.45, 7) is 3.67. The minimum absolute atomic E-state index is 0.0494. The quantitative estimate of drug-likeness (QED) is 0.441. The van der Waals surface area contributed by atoms with Crippen molar-refractivity contribution >= 4 is 17.4 Å². The smallest absolute Gasteiger partial charge is 0.384 e. The number of imidazole rings is 1. The molecule has 6 nitrogen and oxygen atoms in total. The molecule has 2 aromatic heterocycles. The summed E-state index contributed by atoms with van der Waals surface area (Å²) in [5.74, 6) is 5.94. The molecule has 0 radical (unpaired) electrons. The van der Waals surface area contributed by atoms with Crippen LogP contribution >= 0.6 is 11.6 Å². The SMILES string of the molecule is CC(C)n1cc(C(F)(F)F)nc1-c1ccc(CNc2nc(Cl)ncc2C#CCO)cc1. The summed E-state index contributed by atoms with van der Waals surface area (Å²) in [6.07, 6.45) is -2.02. The molecule has 0 atom stereocenters. The van der Waals surface area contributed by atoms with E-state index in [1.54, 1.807) is 38.1 Å². The number of benzene rings is 1. The molecule has 2 N–H and O–H groups in total. The number of aliphatic hydroxyl groups is 1. The Bertz CT molecular complexity index is 1110. The van der Waals surface area contributed by atoms with Crippen LogP contribution in [0.15, 0.2) is 36.7 Å². The molecule has 0 spiro atoms. The molecule has 0 amide bonds. The third-order valence-electron chi connectivity index (χ3n) is 4.31. The second-order valence-corrected chi connectivity index (χ2v) is 7.20. The van der Waals surface area contributed by atoms with Crippen molar-refractivity contribution in [3.05, 3.63) is 58.8 Å². The fraction of sp³-hybridized carbons (Fsp3) is 0.286. The van der Waals surface area contributed by atoms with Crippen LogP contribution in [0, 0.1) is 11.8 Å². The minimum atomic E-state index is -4.51. The first-order valence-corrected chi connectivity index (χ1v) is 9.68. The first kappa shape index (κ1) is 22.6. The molecule has 0 aliphatic heterocycles. The summed E-state index contributed by atoms with van der Waals surface area (Å²) < 4.78 is 40.8. The largest absolute Gasteiger partial charge is 0.434 e. The fourth-order valence-corrected chi connectivity index (χ4v) is 2.95. The summed E-state index contributed by atoms with van der Waals surface area (Å²) in [5, 5.41) is 12.0. The lowest BCUT2D eigenvalue weighted by molar-refractivity contribution is -0.140. The van der Waals surface area contributed by atoms with Gasteiger partial charge in [0.2, 0.25) is 5.28 Å². The van der Waals surface area contributed by atoms with E-state index in [0.717, 1.165) is 11.8 Å². The van der Waals surface area contributed by atoms with Gasteiger partial charge in [-0.15, -0.1) is 0 Å². The summed E-state index contributed by atoms with van der Waals surface area (Å²) >= 11 is 5.85. The van der Waals surface area contributed by atoms with Crippen molar-refractivity contribution in [3.63, 3.8) is 0 Å². The Balaban J connectivity index is 1.81. The number of nitrogens with zero attached hydrogens (tertiary/aromatic N) is 4. The Kier molecular flexibility index (Phi) is 6.83. The highest BCUT2D eigenvalue weighted by molar-refractivity contribution is 6.28. The van der Waals surface area contributed by atoms with Crippen molar-refractivity contribution in [2.45, 2.75) is 32.6 Å². The Morgan fingerprint density at radius 2 is 1.90 bits per heavy atom. The van der Waals surface area contributed by atoms with Gasteiger partial charge in [-0.2, -0.15) is 18.2 Å². The van der Waals surface area contributed by atoms with E-state index in [0.29, 0.717) is 23.5 Å². The lowest BCUT2D eigenvalue weighted by Crippen LogP contribution is -2.05. The number of rotatable bonds is 5. The number of alkyl halides is 3. The van der Waals surface area contributed by atoms with Gasteiger partial charge in [-0.1, -0.05) is 36.1 Å². The van der Waals surface area contributed by atoms with Crippen molar-refractivity contribution < 1.29 is 18.3 Å². The number of halogens is 4. The van der Waals surface area contributed by atoms with Crippen LogP contribution in [0.1, 0.15) is 36.7 Å². The van der Waals surface area contributed by atoms with Crippen molar-refractivity contribution in [2.75, 3.05) is 11.9 Å². The van der Waals surface area contributed by atoms with Crippen LogP contribution in [0.3, 0.4) is 0 Å². The maximum Gasteiger partial charge on any atom is 0.434 e. The molecule has 1 aromatic carbocycles. The average Bonchev–Trinajstić information content (AvgIpc) is 3.18. The molecular formula is C21H19ClF3N5O. The van der Waals surface area contributed by atoms with Gasteiger partial charge in [-0.25, -0.2) is 9.97 Å².